The minimum atomic E-state index is -0.473. The number of carbonyl (C=O) groups excluding carboxylic acids is 2. The molecule has 0 bridgehead atoms. The van der Waals surface area contributed by atoms with Crippen LogP contribution in [0.15, 0.2) is 18.3 Å². The van der Waals surface area contributed by atoms with Crippen molar-refractivity contribution >= 4 is 11.8 Å². The molecule has 1 aromatic rings. The van der Waals surface area contributed by atoms with E-state index in [9.17, 15) is 9.59 Å². The molecule has 0 aliphatic rings. The van der Waals surface area contributed by atoms with Gasteiger partial charge in [-0.25, -0.2) is 9.78 Å². The van der Waals surface area contributed by atoms with Crippen LogP contribution < -0.4 is 0 Å². The van der Waals surface area contributed by atoms with Gasteiger partial charge in [0, 0.05) is 11.8 Å². The summed E-state index contributed by atoms with van der Waals surface area (Å²) in [5, 5.41) is 0. The predicted octanol–water partition coefficient (Wildman–Crippen LogP) is 1.00. The number of ether oxygens (including phenoxy) is 1. The first-order valence-corrected chi connectivity index (χ1v) is 5.35. The highest BCUT2D eigenvalue weighted by atomic mass is 16.5. The summed E-state index contributed by atoms with van der Waals surface area (Å²) >= 11 is 0. The Labute approximate surface area is 100 Å². The lowest BCUT2D eigenvalue weighted by atomic mass is 10.1. The number of rotatable bonds is 5. The van der Waals surface area contributed by atoms with E-state index >= 15 is 0 Å². The molecule has 1 rings (SSSR count). The molecular formula is C12H16N2O3. The molecule has 5 nitrogen and oxygen atoms in total. The molecule has 5 heteroatoms. The van der Waals surface area contributed by atoms with Gasteiger partial charge in [-0.05, 0) is 33.2 Å². The quantitative estimate of drug-likeness (QED) is 0.564. The van der Waals surface area contributed by atoms with Gasteiger partial charge in [-0.15, -0.1) is 0 Å². The third kappa shape index (κ3) is 3.96. The van der Waals surface area contributed by atoms with E-state index in [0.29, 0.717) is 18.7 Å². The van der Waals surface area contributed by atoms with Crippen molar-refractivity contribution in [3.63, 3.8) is 0 Å². The Kier molecular flexibility index (Phi) is 4.78. The summed E-state index contributed by atoms with van der Waals surface area (Å²) in [5.41, 5.74) is 0.708. The van der Waals surface area contributed by atoms with Crippen LogP contribution >= 0.6 is 0 Å². The summed E-state index contributed by atoms with van der Waals surface area (Å²) in [5.74, 6) is -0.503. The van der Waals surface area contributed by atoms with Gasteiger partial charge in [0.2, 0.25) is 0 Å². The van der Waals surface area contributed by atoms with Gasteiger partial charge in [0.25, 0.3) is 0 Å². The first-order valence-electron chi connectivity index (χ1n) is 5.35. The monoisotopic (exact) mass is 236 g/mol. The fourth-order valence-corrected chi connectivity index (χ4v) is 1.26. The van der Waals surface area contributed by atoms with Crippen molar-refractivity contribution in [2.45, 2.75) is 6.92 Å². The van der Waals surface area contributed by atoms with Crippen molar-refractivity contribution in [2.75, 3.05) is 27.2 Å². The van der Waals surface area contributed by atoms with Crippen LogP contribution in [0.5, 0.6) is 0 Å². The summed E-state index contributed by atoms with van der Waals surface area (Å²) in [7, 11) is 3.64. The average molecular weight is 236 g/mol. The maximum atomic E-state index is 11.7. The lowest BCUT2D eigenvalue weighted by Crippen LogP contribution is -2.22. The van der Waals surface area contributed by atoms with Gasteiger partial charge < -0.3 is 9.64 Å². The van der Waals surface area contributed by atoms with Crippen molar-refractivity contribution in [2.24, 2.45) is 0 Å². The van der Waals surface area contributed by atoms with E-state index in [1.807, 2.05) is 14.1 Å². The first kappa shape index (κ1) is 13.3. The fraction of sp³-hybridized carbons (Fsp3) is 0.417. The second-order valence-corrected chi connectivity index (χ2v) is 3.81. The molecule has 1 aromatic heterocycles. The van der Waals surface area contributed by atoms with Crippen molar-refractivity contribution in [3.05, 3.63) is 29.6 Å². The van der Waals surface area contributed by atoms with Crippen LogP contribution in [0.2, 0.25) is 0 Å². The molecule has 0 N–H and O–H groups in total. The highest BCUT2D eigenvalue weighted by molar-refractivity contribution is 5.98. The number of likely N-dealkylation sites (N-methyl/N-ethyl adjacent to an activating group) is 1. The standard InChI is InChI=1S/C12H16N2O3/c1-4-17-12(16)10-6-5-9(7-13-10)11(15)8-14(2)3/h5-7H,4,8H2,1-3H3. The maximum Gasteiger partial charge on any atom is 0.356 e. The molecule has 0 aromatic carbocycles. The summed E-state index contributed by atoms with van der Waals surface area (Å²) in [4.78, 5) is 28.7. The Bertz CT molecular complexity index is 399. The number of esters is 1. The zero-order valence-corrected chi connectivity index (χ0v) is 10.3. The zero-order chi connectivity index (χ0) is 12.8. The lowest BCUT2D eigenvalue weighted by Gasteiger charge is -2.08. The third-order valence-electron chi connectivity index (χ3n) is 2.03. The molecule has 0 spiro atoms. The van der Waals surface area contributed by atoms with Gasteiger partial charge >= 0.3 is 5.97 Å². The zero-order valence-electron chi connectivity index (χ0n) is 10.3. The third-order valence-corrected chi connectivity index (χ3v) is 2.03. The Morgan fingerprint density at radius 3 is 2.53 bits per heavy atom. The van der Waals surface area contributed by atoms with Crippen LogP contribution in [0.3, 0.4) is 0 Å². The van der Waals surface area contributed by atoms with Gasteiger partial charge in [-0.2, -0.15) is 0 Å². The Hall–Kier alpha value is -1.75. The minimum absolute atomic E-state index is 0.0297. The molecule has 0 aliphatic carbocycles. The number of ketones is 1. The van der Waals surface area contributed by atoms with Crippen LogP contribution in [0.4, 0.5) is 0 Å². The second-order valence-electron chi connectivity index (χ2n) is 3.81. The van der Waals surface area contributed by atoms with Crippen molar-refractivity contribution in [1.82, 2.24) is 9.88 Å². The van der Waals surface area contributed by atoms with Gasteiger partial charge in [-0.3, -0.25) is 4.79 Å². The van der Waals surface area contributed by atoms with Crippen molar-refractivity contribution < 1.29 is 14.3 Å². The van der Waals surface area contributed by atoms with Crippen LogP contribution in [0.25, 0.3) is 0 Å². The molecule has 0 radical (unpaired) electrons. The Balaban J connectivity index is 2.74. The van der Waals surface area contributed by atoms with Gasteiger partial charge in [-0.1, -0.05) is 0 Å². The highest BCUT2D eigenvalue weighted by Crippen LogP contribution is 2.03. The van der Waals surface area contributed by atoms with E-state index in [1.165, 1.54) is 12.3 Å². The number of aromatic nitrogens is 1. The number of nitrogens with zero attached hydrogens (tertiary/aromatic N) is 2. The highest BCUT2D eigenvalue weighted by Gasteiger charge is 2.11. The topological polar surface area (TPSA) is 59.5 Å². The van der Waals surface area contributed by atoms with Crippen molar-refractivity contribution in [1.29, 1.82) is 0 Å². The smallest absolute Gasteiger partial charge is 0.356 e. The number of hydrogen-bond acceptors (Lipinski definition) is 5. The molecule has 17 heavy (non-hydrogen) atoms. The molecule has 92 valence electrons. The molecular weight excluding hydrogens is 220 g/mol. The van der Waals surface area contributed by atoms with Crippen molar-refractivity contribution in [3.8, 4) is 0 Å². The Morgan fingerprint density at radius 1 is 1.35 bits per heavy atom. The van der Waals surface area contributed by atoms with E-state index < -0.39 is 5.97 Å². The number of hydrogen-bond donors (Lipinski definition) is 0. The first-order chi connectivity index (χ1) is 8.04. The number of pyridine rings is 1. The van der Waals surface area contributed by atoms with E-state index in [4.69, 9.17) is 4.74 Å². The van der Waals surface area contributed by atoms with E-state index in [0.717, 1.165) is 0 Å². The average Bonchev–Trinajstić information content (AvgIpc) is 2.28. The molecule has 0 saturated heterocycles. The fourth-order valence-electron chi connectivity index (χ4n) is 1.26. The summed E-state index contributed by atoms with van der Waals surface area (Å²) in [6.07, 6.45) is 1.40. The minimum Gasteiger partial charge on any atom is -0.461 e. The number of carbonyl (C=O) groups is 2. The molecule has 0 fully saturated rings. The SMILES string of the molecule is CCOC(=O)c1ccc(C(=O)CN(C)C)cn1. The van der Waals surface area contributed by atoms with E-state index in [2.05, 4.69) is 4.98 Å². The largest absolute Gasteiger partial charge is 0.461 e. The normalized spacial score (nSPS) is 10.4. The molecule has 0 amide bonds. The summed E-state index contributed by atoms with van der Waals surface area (Å²) in [6.45, 7) is 2.36. The molecule has 0 unspecified atom stereocenters. The molecule has 0 saturated carbocycles. The number of Topliss-reactive ketones (excluding diaryl/α,β-unsaturated/α-hetero) is 1. The van der Waals surface area contributed by atoms with Crippen LogP contribution in [-0.4, -0.2) is 48.9 Å². The van der Waals surface area contributed by atoms with E-state index in [-0.39, 0.29) is 11.5 Å². The lowest BCUT2D eigenvalue weighted by molar-refractivity contribution is 0.0519. The summed E-state index contributed by atoms with van der Waals surface area (Å²) < 4.78 is 4.80. The molecule has 0 aliphatic heterocycles. The van der Waals surface area contributed by atoms with Gasteiger partial charge in [0.15, 0.2) is 5.78 Å². The van der Waals surface area contributed by atoms with Crippen LogP contribution in [0.1, 0.15) is 27.8 Å². The van der Waals surface area contributed by atoms with Crippen LogP contribution in [0, 0.1) is 0 Å². The molecule has 1 heterocycles. The van der Waals surface area contributed by atoms with E-state index in [1.54, 1.807) is 17.9 Å². The second kappa shape index (κ2) is 6.10. The summed E-state index contributed by atoms with van der Waals surface area (Å²) in [6, 6.07) is 3.09. The Morgan fingerprint density at radius 2 is 2.06 bits per heavy atom. The van der Waals surface area contributed by atoms with Gasteiger partial charge in [0.1, 0.15) is 5.69 Å². The molecule has 0 atom stereocenters. The van der Waals surface area contributed by atoms with Crippen LogP contribution in [-0.2, 0) is 4.74 Å². The maximum absolute atomic E-state index is 11.7. The van der Waals surface area contributed by atoms with Gasteiger partial charge in [0.05, 0.1) is 13.2 Å². The predicted molar refractivity (Wildman–Crippen MR) is 63.1 cm³/mol.